The van der Waals surface area contributed by atoms with Gasteiger partial charge in [-0.15, -0.1) is 23.1 Å². The summed E-state index contributed by atoms with van der Waals surface area (Å²) >= 11 is 2.42. The first-order chi connectivity index (χ1) is 24.6. The maximum atomic E-state index is 13.5. The highest BCUT2D eigenvalue weighted by molar-refractivity contribution is 8.00. The van der Waals surface area contributed by atoms with E-state index in [4.69, 9.17) is 4.74 Å². The number of hydrogen-bond donors (Lipinski definition) is 5. The molecule has 0 spiro atoms. The summed E-state index contributed by atoms with van der Waals surface area (Å²) in [5.41, 5.74) is 1.52. The summed E-state index contributed by atoms with van der Waals surface area (Å²) in [6, 6.07) is 28.4. The minimum atomic E-state index is -1.36. The molecule has 0 aliphatic carbocycles. The van der Waals surface area contributed by atoms with Crippen LogP contribution in [0.25, 0.3) is 0 Å². The lowest BCUT2D eigenvalue weighted by molar-refractivity contribution is -0.150. The molecule has 1 aromatic heterocycles. The first kappa shape index (κ1) is 35.2. The number of hydrogen-bond acceptors (Lipinski definition) is 11. The third-order valence-corrected chi connectivity index (χ3v) is 10.4. The van der Waals surface area contributed by atoms with E-state index >= 15 is 0 Å². The summed E-state index contributed by atoms with van der Waals surface area (Å²) in [7, 11) is 0. The fourth-order valence-corrected chi connectivity index (χ4v) is 8.11. The average Bonchev–Trinajstić information content (AvgIpc) is 3.60. The molecule has 3 heterocycles. The summed E-state index contributed by atoms with van der Waals surface area (Å²) in [4.78, 5) is 56.6. The van der Waals surface area contributed by atoms with E-state index in [1.165, 1.54) is 23.1 Å². The minimum Gasteiger partial charge on any atom is -0.477 e. The summed E-state index contributed by atoms with van der Waals surface area (Å²) in [6.45, 7) is 3.19. The molecule has 3 aromatic carbocycles. The minimum absolute atomic E-state index is 0.0655. The number of alkyl carbamates (subject to hydrolysis) is 1. The van der Waals surface area contributed by atoms with Crippen molar-refractivity contribution in [2.24, 2.45) is 5.16 Å². The number of nitrogens with zero attached hydrogens (tertiary/aromatic N) is 3. The van der Waals surface area contributed by atoms with Gasteiger partial charge in [0.15, 0.2) is 10.8 Å². The fraction of sp³-hybridized carbons (Fsp3) is 0.222. The number of thiazole rings is 1. The summed E-state index contributed by atoms with van der Waals surface area (Å²) in [6.07, 6.45) is -0.712. The van der Waals surface area contributed by atoms with Gasteiger partial charge in [-0.1, -0.05) is 96.2 Å². The Kier molecular flexibility index (Phi) is 10.4. The molecule has 5 N–H and O–H groups in total. The van der Waals surface area contributed by atoms with Crippen molar-refractivity contribution in [3.8, 4) is 0 Å². The van der Waals surface area contributed by atoms with Gasteiger partial charge in [-0.05, 0) is 30.5 Å². The van der Waals surface area contributed by atoms with Gasteiger partial charge in [0.1, 0.15) is 35.0 Å². The lowest BCUT2D eigenvalue weighted by Gasteiger charge is -2.49. The van der Waals surface area contributed by atoms with Crippen LogP contribution in [0.3, 0.4) is 0 Å². The number of ether oxygens (including phenoxy) is 1. The van der Waals surface area contributed by atoms with Crippen LogP contribution in [0.1, 0.15) is 36.2 Å². The van der Waals surface area contributed by atoms with Crippen molar-refractivity contribution < 1.29 is 34.2 Å². The van der Waals surface area contributed by atoms with Crippen molar-refractivity contribution in [3.05, 3.63) is 130 Å². The van der Waals surface area contributed by atoms with Gasteiger partial charge >= 0.3 is 12.1 Å². The molecule has 0 unspecified atom stereocenters. The zero-order valence-electron chi connectivity index (χ0n) is 27.5. The molecule has 6 rings (SSSR count). The molecule has 262 valence electrons. The molecule has 13 nitrogen and oxygen atoms in total. The normalized spacial score (nSPS) is 17.4. The van der Waals surface area contributed by atoms with Crippen LogP contribution in [0.2, 0.25) is 0 Å². The van der Waals surface area contributed by atoms with Crippen LogP contribution in [0.5, 0.6) is 0 Å². The van der Waals surface area contributed by atoms with E-state index in [1.807, 2.05) is 91.0 Å². The number of fused-ring (bicyclic) bond motifs is 1. The van der Waals surface area contributed by atoms with Crippen LogP contribution in [0, 0.1) is 0 Å². The standard InChI is InChI=1S/C36H34N6O7S2/c1-21(2)37-35(47)49-18-22-19-50-32-28(31(44)42(32)29(22)33(45)46)39-30(43)27(41-48)26-20-51-34(38-26)40-36(23-12-6-3-7-13-23,24-14-8-4-9-15-24)25-16-10-5-11-17-25/h3-17,20-21,28,32,48H,18-19H2,1-2H3,(H,37,47)(H,38,40)(H,39,43)(H,45,46)/b41-27-/t28-,32-/m1/s1. The number of carboxylic acid groups (broad SMARTS) is 1. The summed E-state index contributed by atoms with van der Waals surface area (Å²) < 4.78 is 5.16. The number of thioether (sulfide) groups is 1. The van der Waals surface area contributed by atoms with E-state index in [9.17, 15) is 29.5 Å². The lowest BCUT2D eigenvalue weighted by Crippen LogP contribution is -2.71. The van der Waals surface area contributed by atoms with Gasteiger partial charge in [0.05, 0.1) is 0 Å². The molecule has 2 atom stereocenters. The van der Waals surface area contributed by atoms with Gasteiger partial charge in [0, 0.05) is 22.7 Å². The van der Waals surface area contributed by atoms with Gasteiger partial charge in [-0.3, -0.25) is 14.5 Å². The average molecular weight is 727 g/mol. The van der Waals surface area contributed by atoms with Crippen molar-refractivity contribution >= 4 is 57.8 Å². The second-order valence-corrected chi connectivity index (χ2v) is 13.9. The first-order valence-corrected chi connectivity index (χ1v) is 17.8. The summed E-state index contributed by atoms with van der Waals surface area (Å²) in [5, 5.41) is 33.2. The number of carboxylic acids is 1. The molecule has 1 fully saturated rings. The highest BCUT2D eigenvalue weighted by Crippen LogP contribution is 2.42. The molecule has 2 aliphatic rings. The van der Waals surface area contributed by atoms with Crippen molar-refractivity contribution in [1.29, 1.82) is 0 Å². The van der Waals surface area contributed by atoms with Gasteiger partial charge in [0.25, 0.3) is 11.8 Å². The predicted octanol–water partition coefficient (Wildman–Crippen LogP) is 4.60. The number of nitrogens with one attached hydrogen (secondary N) is 3. The van der Waals surface area contributed by atoms with Crippen LogP contribution in [0.4, 0.5) is 9.93 Å². The molecular formula is C36H34N6O7S2. The maximum Gasteiger partial charge on any atom is 0.407 e. The second kappa shape index (κ2) is 15.1. The van der Waals surface area contributed by atoms with Crippen LogP contribution in [0.15, 0.2) is 113 Å². The first-order valence-electron chi connectivity index (χ1n) is 15.9. The van der Waals surface area contributed by atoms with Gasteiger partial charge in [-0.2, -0.15) is 0 Å². The van der Waals surface area contributed by atoms with Crippen molar-refractivity contribution in [1.82, 2.24) is 20.5 Å². The number of amides is 3. The van der Waals surface area contributed by atoms with E-state index in [1.54, 1.807) is 19.2 Å². The molecule has 0 radical (unpaired) electrons. The van der Waals surface area contributed by atoms with Crippen molar-refractivity contribution in [3.63, 3.8) is 0 Å². The van der Waals surface area contributed by atoms with Crippen LogP contribution in [-0.2, 0) is 24.7 Å². The Labute approximate surface area is 301 Å². The van der Waals surface area contributed by atoms with Crippen molar-refractivity contribution in [2.45, 2.75) is 36.8 Å². The molecule has 0 saturated carbocycles. The Hall–Kier alpha value is -5.67. The van der Waals surface area contributed by atoms with E-state index in [0.29, 0.717) is 5.13 Å². The number of carbonyl (C=O) groups is 4. The van der Waals surface area contributed by atoms with E-state index in [0.717, 1.165) is 21.6 Å². The quantitative estimate of drug-likeness (QED) is 0.0455. The molecule has 2 aliphatic heterocycles. The Balaban J connectivity index is 1.22. The number of aliphatic carboxylic acids is 1. The Morgan fingerprint density at radius 2 is 1.55 bits per heavy atom. The Morgan fingerprint density at radius 1 is 0.980 bits per heavy atom. The fourth-order valence-electron chi connectivity index (χ4n) is 6.03. The smallest absolute Gasteiger partial charge is 0.407 e. The third kappa shape index (κ3) is 7.03. The highest BCUT2D eigenvalue weighted by atomic mass is 32.2. The molecule has 0 bridgehead atoms. The predicted molar refractivity (Wildman–Crippen MR) is 193 cm³/mol. The third-order valence-electron chi connectivity index (χ3n) is 8.30. The highest BCUT2D eigenvalue weighted by Gasteiger charge is 2.54. The van der Waals surface area contributed by atoms with Gasteiger partial charge in [0.2, 0.25) is 0 Å². The van der Waals surface area contributed by atoms with Crippen LogP contribution >= 0.6 is 23.1 Å². The Morgan fingerprint density at radius 3 is 2.06 bits per heavy atom. The van der Waals surface area contributed by atoms with E-state index in [-0.39, 0.29) is 35.4 Å². The number of rotatable bonds is 12. The summed E-state index contributed by atoms with van der Waals surface area (Å²) in [5.74, 6) is -2.75. The van der Waals surface area contributed by atoms with Gasteiger partial charge < -0.3 is 31.0 Å². The molecule has 15 heteroatoms. The van der Waals surface area contributed by atoms with Crippen molar-refractivity contribution in [2.75, 3.05) is 17.7 Å². The molecule has 1 saturated heterocycles. The van der Waals surface area contributed by atoms with E-state index < -0.39 is 46.5 Å². The number of benzene rings is 3. The van der Waals surface area contributed by atoms with Gasteiger partial charge in [-0.25, -0.2) is 14.6 Å². The van der Waals surface area contributed by atoms with E-state index in [2.05, 4.69) is 26.1 Å². The second-order valence-electron chi connectivity index (χ2n) is 12.0. The molecular weight excluding hydrogens is 693 g/mol. The lowest BCUT2D eigenvalue weighted by atomic mass is 9.77. The Bertz CT molecular complexity index is 1890. The number of carbonyl (C=O) groups excluding carboxylic acids is 3. The molecule has 4 aromatic rings. The zero-order valence-corrected chi connectivity index (χ0v) is 29.1. The monoisotopic (exact) mass is 726 g/mol. The molecule has 51 heavy (non-hydrogen) atoms. The topological polar surface area (TPSA) is 183 Å². The number of β-lactam (4-membered cyclic amide) rings is 1. The zero-order chi connectivity index (χ0) is 36.1. The number of anilines is 1. The number of oxime groups is 1. The van der Waals surface area contributed by atoms with Crippen LogP contribution < -0.4 is 16.0 Å². The van der Waals surface area contributed by atoms with Crippen LogP contribution in [-0.4, -0.2) is 79.6 Å². The SMILES string of the molecule is CC(C)NC(=O)OCC1=C(C(=O)O)N2C(=O)[C@@H](NC(=O)/C(=N\O)c3csc(NC(c4ccccc4)(c4ccccc4)c4ccccc4)n3)[C@H]2SC1. The number of aromatic nitrogens is 1. The largest absolute Gasteiger partial charge is 0.477 e. The maximum absolute atomic E-state index is 13.5. The molecule has 3 amide bonds.